The van der Waals surface area contributed by atoms with Crippen molar-refractivity contribution < 1.29 is 19.4 Å². The maximum Gasteiger partial charge on any atom is 0.360 e. The lowest BCUT2D eigenvalue weighted by molar-refractivity contribution is 0.0590. The smallest absolute Gasteiger partial charge is 0.360 e. The van der Waals surface area contributed by atoms with Crippen LogP contribution in [0.3, 0.4) is 0 Å². The average Bonchev–Trinajstić information content (AvgIpc) is 2.16. The van der Waals surface area contributed by atoms with E-state index in [4.69, 9.17) is 9.84 Å². The minimum atomic E-state index is -0.600. The zero-order valence-corrected chi connectivity index (χ0v) is 7.27. The highest BCUT2D eigenvalue weighted by Gasteiger charge is 2.14. The molecule has 1 N–H and O–H groups in total. The van der Waals surface area contributed by atoms with Gasteiger partial charge in [0.2, 0.25) is 0 Å². The standard InChI is InChI=1S/C8H9NO4/c1-12-6-3-5(10)4-9-7(6)8(11)13-2/h3-4,10H,1-2H3. The Morgan fingerprint density at radius 2 is 2.23 bits per heavy atom. The van der Waals surface area contributed by atoms with Gasteiger partial charge in [0.15, 0.2) is 11.4 Å². The number of carbonyl (C=O) groups excluding carboxylic acids is 1. The average molecular weight is 183 g/mol. The van der Waals surface area contributed by atoms with Crippen LogP contribution >= 0.6 is 0 Å². The molecule has 0 aliphatic rings. The number of rotatable bonds is 2. The van der Waals surface area contributed by atoms with Gasteiger partial charge in [0.25, 0.3) is 0 Å². The first-order valence-corrected chi connectivity index (χ1v) is 3.50. The Morgan fingerprint density at radius 3 is 2.77 bits per heavy atom. The summed E-state index contributed by atoms with van der Waals surface area (Å²) in [7, 11) is 2.62. The molecular formula is C8H9NO4. The van der Waals surface area contributed by atoms with Gasteiger partial charge in [0.1, 0.15) is 5.75 Å². The molecule has 0 aromatic carbocycles. The molecule has 0 saturated heterocycles. The number of nitrogens with zero attached hydrogens (tertiary/aromatic N) is 1. The third-order valence-electron chi connectivity index (χ3n) is 1.44. The number of ether oxygens (including phenoxy) is 2. The molecule has 0 spiro atoms. The van der Waals surface area contributed by atoms with E-state index in [9.17, 15) is 4.79 Å². The van der Waals surface area contributed by atoms with Crippen LogP contribution in [0.2, 0.25) is 0 Å². The molecule has 1 aromatic heterocycles. The molecule has 5 heteroatoms. The van der Waals surface area contributed by atoms with E-state index in [-0.39, 0.29) is 17.2 Å². The molecule has 0 amide bonds. The minimum absolute atomic E-state index is 0.0443. The molecule has 0 bridgehead atoms. The zero-order valence-electron chi connectivity index (χ0n) is 7.27. The van der Waals surface area contributed by atoms with Gasteiger partial charge in [-0.1, -0.05) is 0 Å². The van der Waals surface area contributed by atoms with Gasteiger partial charge in [0.05, 0.1) is 20.4 Å². The first kappa shape index (κ1) is 9.31. The molecule has 13 heavy (non-hydrogen) atoms. The van der Waals surface area contributed by atoms with E-state index in [1.165, 1.54) is 20.3 Å². The Kier molecular flexibility index (Phi) is 2.69. The Hall–Kier alpha value is -1.78. The van der Waals surface area contributed by atoms with Crippen molar-refractivity contribution in [3.8, 4) is 11.5 Å². The van der Waals surface area contributed by atoms with Crippen molar-refractivity contribution in [2.45, 2.75) is 0 Å². The van der Waals surface area contributed by atoms with Crippen molar-refractivity contribution in [1.82, 2.24) is 4.98 Å². The van der Waals surface area contributed by atoms with E-state index in [2.05, 4.69) is 9.72 Å². The minimum Gasteiger partial charge on any atom is -0.506 e. The fraction of sp³-hybridized carbons (Fsp3) is 0.250. The van der Waals surface area contributed by atoms with Gasteiger partial charge in [-0.15, -0.1) is 0 Å². The van der Waals surface area contributed by atoms with Crippen LogP contribution in [0.4, 0.5) is 0 Å². The molecule has 1 aromatic rings. The summed E-state index contributed by atoms with van der Waals surface area (Å²) in [6.45, 7) is 0. The summed E-state index contributed by atoms with van der Waals surface area (Å²) in [5.74, 6) is -0.479. The van der Waals surface area contributed by atoms with Crippen molar-refractivity contribution in [3.05, 3.63) is 18.0 Å². The van der Waals surface area contributed by atoms with Crippen molar-refractivity contribution in [3.63, 3.8) is 0 Å². The van der Waals surface area contributed by atoms with Crippen molar-refractivity contribution in [2.75, 3.05) is 14.2 Å². The Labute approximate surface area is 74.9 Å². The molecule has 0 saturated carbocycles. The molecular weight excluding hydrogens is 174 g/mol. The first-order chi connectivity index (χ1) is 6.19. The predicted molar refractivity (Wildman–Crippen MR) is 43.8 cm³/mol. The normalized spacial score (nSPS) is 9.38. The maximum atomic E-state index is 11.1. The van der Waals surface area contributed by atoms with E-state index in [0.29, 0.717) is 0 Å². The lowest BCUT2D eigenvalue weighted by Gasteiger charge is -2.04. The number of hydrogen-bond acceptors (Lipinski definition) is 5. The van der Waals surface area contributed by atoms with E-state index in [1.54, 1.807) is 0 Å². The first-order valence-electron chi connectivity index (χ1n) is 3.50. The molecule has 1 heterocycles. The Bertz CT molecular complexity index is 324. The molecule has 0 radical (unpaired) electrons. The van der Waals surface area contributed by atoms with Crippen LogP contribution in [0.25, 0.3) is 0 Å². The van der Waals surface area contributed by atoms with Crippen molar-refractivity contribution >= 4 is 5.97 Å². The van der Waals surface area contributed by atoms with Gasteiger partial charge < -0.3 is 14.6 Å². The van der Waals surface area contributed by atoms with Gasteiger partial charge in [-0.25, -0.2) is 9.78 Å². The van der Waals surface area contributed by atoms with Crippen LogP contribution in [0.15, 0.2) is 12.3 Å². The highest BCUT2D eigenvalue weighted by Crippen LogP contribution is 2.21. The monoisotopic (exact) mass is 183 g/mol. The van der Waals surface area contributed by atoms with Gasteiger partial charge >= 0.3 is 5.97 Å². The SMILES string of the molecule is COC(=O)c1ncc(O)cc1OC. The quantitative estimate of drug-likeness (QED) is 0.679. The topological polar surface area (TPSA) is 68.7 Å². The fourth-order valence-electron chi connectivity index (χ4n) is 0.840. The summed E-state index contributed by atoms with van der Waals surface area (Å²) < 4.78 is 9.28. The molecule has 1 rings (SSSR count). The second-order valence-electron chi connectivity index (χ2n) is 2.24. The molecule has 0 aliphatic heterocycles. The second-order valence-corrected chi connectivity index (χ2v) is 2.24. The number of pyridine rings is 1. The van der Waals surface area contributed by atoms with E-state index in [1.807, 2.05) is 0 Å². The molecule has 0 fully saturated rings. The third-order valence-corrected chi connectivity index (χ3v) is 1.44. The number of hydrogen-bond donors (Lipinski definition) is 1. The lowest BCUT2D eigenvalue weighted by atomic mass is 10.3. The van der Waals surface area contributed by atoms with E-state index >= 15 is 0 Å². The molecule has 0 aliphatic carbocycles. The zero-order chi connectivity index (χ0) is 9.84. The van der Waals surface area contributed by atoms with E-state index in [0.717, 1.165) is 6.20 Å². The van der Waals surface area contributed by atoms with Crippen LogP contribution in [0, 0.1) is 0 Å². The van der Waals surface area contributed by atoms with Crippen LogP contribution in [-0.4, -0.2) is 30.3 Å². The number of carbonyl (C=O) groups is 1. The molecule has 5 nitrogen and oxygen atoms in total. The largest absolute Gasteiger partial charge is 0.506 e. The van der Waals surface area contributed by atoms with Gasteiger partial charge in [-0.2, -0.15) is 0 Å². The highest BCUT2D eigenvalue weighted by molar-refractivity contribution is 5.90. The summed E-state index contributed by atoms with van der Waals surface area (Å²) in [6.07, 6.45) is 1.15. The lowest BCUT2D eigenvalue weighted by Crippen LogP contribution is -2.06. The molecule has 0 atom stereocenters. The van der Waals surface area contributed by atoms with Gasteiger partial charge in [-0.3, -0.25) is 0 Å². The third kappa shape index (κ3) is 1.87. The summed E-state index contributed by atoms with van der Waals surface area (Å²) in [5, 5.41) is 9.03. The Morgan fingerprint density at radius 1 is 1.54 bits per heavy atom. The predicted octanol–water partition coefficient (Wildman–Crippen LogP) is 0.582. The second kappa shape index (κ2) is 3.75. The number of esters is 1. The van der Waals surface area contributed by atoms with Crippen molar-refractivity contribution in [2.24, 2.45) is 0 Å². The number of methoxy groups -OCH3 is 2. The van der Waals surface area contributed by atoms with Gasteiger partial charge in [0, 0.05) is 6.07 Å². The summed E-state index contributed by atoms with van der Waals surface area (Å²) in [6, 6.07) is 1.29. The van der Waals surface area contributed by atoms with E-state index < -0.39 is 5.97 Å². The van der Waals surface area contributed by atoms with Crippen LogP contribution in [-0.2, 0) is 4.74 Å². The van der Waals surface area contributed by atoms with Crippen LogP contribution in [0.5, 0.6) is 11.5 Å². The summed E-state index contributed by atoms with van der Waals surface area (Å²) in [4.78, 5) is 14.7. The van der Waals surface area contributed by atoms with Crippen LogP contribution in [0.1, 0.15) is 10.5 Å². The molecule has 0 unspecified atom stereocenters. The number of aromatic nitrogens is 1. The summed E-state index contributed by atoms with van der Waals surface area (Å²) in [5.41, 5.74) is 0.0443. The number of aromatic hydroxyl groups is 1. The highest BCUT2D eigenvalue weighted by atomic mass is 16.5. The maximum absolute atomic E-state index is 11.1. The Balaban J connectivity index is 3.13. The van der Waals surface area contributed by atoms with Gasteiger partial charge in [-0.05, 0) is 0 Å². The van der Waals surface area contributed by atoms with Crippen molar-refractivity contribution in [1.29, 1.82) is 0 Å². The molecule has 70 valence electrons. The fourth-order valence-corrected chi connectivity index (χ4v) is 0.840. The summed E-state index contributed by atoms with van der Waals surface area (Å²) >= 11 is 0. The van der Waals surface area contributed by atoms with Crippen LogP contribution < -0.4 is 4.74 Å².